The van der Waals surface area contributed by atoms with E-state index in [1.807, 2.05) is 45.9 Å². The van der Waals surface area contributed by atoms with E-state index in [9.17, 15) is 9.59 Å². The summed E-state index contributed by atoms with van der Waals surface area (Å²) in [6.07, 6.45) is 3.19. The average Bonchev–Trinajstić information content (AvgIpc) is 2.89. The molecule has 2 N–H and O–H groups in total. The van der Waals surface area contributed by atoms with Crippen LogP contribution in [0.1, 0.15) is 52.5 Å². The van der Waals surface area contributed by atoms with Crippen molar-refractivity contribution in [1.82, 2.24) is 10.6 Å². The van der Waals surface area contributed by atoms with Crippen LogP contribution in [0.25, 0.3) is 0 Å². The molecule has 5 heteroatoms. The lowest BCUT2D eigenvalue weighted by Crippen LogP contribution is -2.49. The topological polar surface area (TPSA) is 67.4 Å². The molecule has 0 bridgehead atoms. The van der Waals surface area contributed by atoms with Gasteiger partial charge in [-0.25, -0.2) is 0 Å². The molecule has 1 aromatic carbocycles. The molecule has 1 fully saturated rings. The largest absolute Gasteiger partial charge is 0.496 e. The van der Waals surface area contributed by atoms with Crippen LogP contribution in [-0.2, 0) is 16.0 Å². The van der Waals surface area contributed by atoms with E-state index < -0.39 is 5.41 Å². The smallest absolute Gasteiger partial charge is 0.226 e. The van der Waals surface area contributed by atoms with Gasteiger partial charge in [0.15, 0.2) is 0 Å². The Kier molecular flexibility index (Phi) is 6.90. The van der Waals surface area contributed by atoms with Crippen molar-refractivity contribution < 1.29 is 14.3 Å². The van der Waals surface area contributed by atoms with Gasteiger partial charge in [-0.1, -0.05) is 39.0 Å². The number of para-hydroxylation sites is 1. The van der Waals surface area contributed by atoms with Crippen molar-refractivity contribution in [2.75, 3.05) is 20.2 Å². The lowest BCUT2D eigenvalue weighted by atomic mass is 9.65. The fraction of sp³-hybridized carbons (Fsp3) is 0.636. The number of nitrogens with one attached hydrogen (secondary N) is 2. The highest BCUT2D eigenvalue weighted by atomic mass is 16.5. The minimum atomic E-state index is -0.535. The third-order valence-electron chi connectivity index (χ3n) is 6.50. The maximum Gasteiger partial charge on any atom is 0.226 e. The standard InChI is InChI=1S/C22H34N2O3/c1-6-23-19(25)17-13-14-22(4,21(17,2)3)20(26)24-15-9-11-16-10-7-8-12-18(16)27-5/h7-8,10,12,17H,6,9,11,13-15H2,1-5H3,(H,23,25)(H,24,26)/t17-,22+/m0/s1. The summed E-state index contributed by atoms with van der Waals surface area (Å²) >= 11 is 0. The highest BCUT2D eigenvalue weighted by molar-refractivity contribution is 5.87. The SMILES string of the molecule is CCNC(=O)[C@@H]1CC[C@](C)(C(=O)NCCCc2ccccc2OC)C1(C)C. The zero-order chi connectivity index (χ0) is 20.1. The molecule has 5 nitrogen and oxygen atoms in total. The van der Waals surface area contributed by atoms with Gasteiger partial charge in [0.05, 0.1) is 12.5 Å². The van der Waals surface area contributed by atoms with Gasteiger partial charge >= 0.3 is 0 Å². The molecule has 1 aromatic rings. The van der Waals surface area contributed by atoms with Crippen LogP contribution in [0.15, 0.2) is 24.3 Å². The van der Waals surface area contributed by atoms with Crippen molar-refractivity contribution in [2.45, 2.75) is 53.4 Å². The number of hydrogen-bond acceptors (Lipinski definition) is 3. The third kappa shape index (κ3) is 4.28. The average molecular weight is 375 g/mol. The number of benzene rings is 1. The summed E-state index contributed by atoms with van der Waals surface area (Å²) in [5, 5.41) is 6.03. The zero-order valence-electron chi connectivity index (χ0n) is 17.4. The minimum Gasteiger partial charge on any atom is -0.496 e. The van der Waals surface area contributed by atoms with Crippen molar-refractivity contribution in [2.24, 2.45) is 16.7 Å². The van der Waals surface area contributed by atoms with Gasteiger partial charge in [-0.3, -0.25) is 9.59 Å². The summed E-state index contributed by atoms with van der Waals surface area (Å²) in [5.41, 5.74) is 0.240. The van der Waals surface area contributed by atoms with Crippen LogP contribution in [0, 0.1) is 16.7 Å². The van der Waals surface area contributed by atoms with Crippen molar-refractivity contribution in [1.29, 1.82) is 0 Å². The third-order valence-corrected chi connectivity index (χ3v) is 6.50. The molecule has 2 amide bonds. The molecular formula is C22H34N2O3. The quantitative estimate of drug-likeness (QED) is 0.686. The highest BCUT2D eigenvalue weighted by Gasteiger charge is 2.57. The molecule has 0 spiro atoms. The first-order valence-electron chi connectivity index (χ1n) is 9.95. The monoisotopic (exact) mass is 374 g/mol. The molecule has 0 radical (unpaired) electrons. The summed E-state index contributed by atoms with van der Waals surface area (Å²) in [4.78, 5) is 25.4. The van der Waals surface area contributed by atoms with Crippen LogP contribution in [0.3, 0.4) is 0 Å². The number of carbonyl (C=O) groups is 2. The van der Waals surface area contributed by atoms with Crippen LogP contribution in [0.5, 0.6) is 5.75 Å². The number of methoxy groups -OCH3 is 1. The van der Waals surface area contributed by atoms with Crippen LogP contribution >= 0.6 is 0 Å². The summed E-state index contributed by atoms with van der Waals surface area (Å²) in [6, 6.07) is 7.97. The van der Waals surface area contributed by atoms with Crippen molar-refractivity contribution in [3.63, 3.8) is 0 Å². The van der Waals surface area contributed by atoms with Gasteiger partial charge in [-0.2, -0.15) is 0 Å². The maximum absolute atomic E-state index is 13.0. The van der Waals surface area contributed by atoms with Gasteiger partial charge < -0.3 is 15.4 Å². The Hall–Kier alpha value is -2.04. The molecule has 1 saturated carbocycles. The molecule has 27 heavy (non-hydrogen) atoms. The predicted molar refractivity (Wildman–Crippen MR) is 108 cm³/mol. The van der Waals surface area contributed by atoms with Crippen molar-refractivity contribution in [3.8, 4) is 5.75 Å². The molecule has 2 rings (SSSR count). The Morgan fingerprint density at radius 1 is 1.19 bits per heavy atom. The van der Waals surface area contributed by atoms with E-state index in [0.29, 0.717) is 13.1 Å². The van der Waals surface area contributed by atoms with Crippen LogP contribution < -0.4 is 15.4 Å². The van der Waals surface area contributed by atoms with E-state index in [-0.39, 0.29) is 23.1 Å². The molecule has 0 aliphatic heterocycles. The lowest BCUT2D eigenvalue weighted by molar-refractivity contribution is -0.138. The van der Waals surface area contributed by atoms with Crippen molar-refractivity contribution >= 4 is 11.8 Å². The van der Waals surface area contributed by atoms with Gasteiger partial charge in [-0.05, 0) is 49.7 Å². The Morgan fingerprint density at radius 3 is 2.56 bits per heavy atom. The first-order chi connectivity index (χ1) is 12.8. The Labute approximate surface area is 163 Å². The van der Waals surface area contributed by atoms with Crippen LogP contribution in [-0.4, -0.2) is 32.0 Å². The molecule has 2 atom stereocenters. The highest BCUT2D eigenvalue weighted by Crippen LogP contribution is 2.56. The molecule has 0 aromatic heterocycles. The zero-order valence-corrected chi connectivity index (χ0v) is 17.4. The first-order valence-corrected chi connectivity index (χ1v) is 9.95. The normalized spacial score (nSPS) is 23.7. The second kappa shape index (κ2) is 8.77. The van der Waals surface area contributed by atoms with Crippen molar-refractivity contribution in [3.05, 3.63) is 29.8 Å². The second-order valence-corrected chi connectivity index (χ2v) is 8.21. The predicted octanol–water partition coefficient (Wildman–Crippen LogP) is 3.32. The van der Waals surface area contributed by atoms with Gasteiger partial charge in [0.1, 0.15) is 5.75 Å². The van der Waals surface area contributed by atoms with E-state index in [2.05, 4.69) is 16.7 Å². The molecule has 0 heterocycles. The number of hydrogen-bond donors (Lipinski definition) is 2. The summed E-state index contributed by atoms with van der Waals surface area (Å²) < 4.78 is 5.38. The van der Waals surface area contributed by atoms with Crippen LogP contribution in [0.2, 0.25) is 0 Å². The van der Waals surface area contributed by atoms with E-state index in [1.165, 1.54) is 0 Å². The second-order valence-electron chi connectivity index (χ2n) is 8.21. The Balaban J connectivity index is 1.92. The fourth-order valence-electron chi connectivity index (χ4n) is 4.25. The number of ether oxygens (including phenoxy) is 1. The van der Waals surface area contributed by atoms with Gasteiger partial charge in [0.2, 0.25) is 11.8 Å². The number of amides is 2. The van der Waals surface area contributed by atoms with E-state index >= 15 is 0 Å². The summed E-state index contributed by atoms with van der Waals surface area (Å²) in [6.45, 7) is 9.27. The lowest BCUT2D eigenvalue weighted by Gasteiger charge is -2.39. The molecule has 0 saturated heterocycles. The molecule has 1 aliphatic rings. The van der Waals surface area contributed by atoms with Gasteiger partial charge in [0.25, 0.3) is 0 Å². The summed E-state index contributed by atoms with van der Waals surface area (Å²) in [5.74, 6) is 0.883. The molecule has 150 valence electrons. The Bertz CT molecular complexity index is 671. The fourth-order valence-corrected chi connectivity index (χ4v) is 4.25. The minimum absolute atomic E-state index is 0.0549. The van der Waals surface area contributed by atoms with E-state index in [0.717, 1.165) is 37.0 Å². The van der Waals surface area contributed by atoms with Gasteiger partial charge in [0, 0.05) is 19.0 Å². The number of aryl methyl sites for hydroxylation is 1. The first kappa shape index (κ1) is 21.3. The molecular weight excluding hydrogens is 340 g/mol. The number of rotatable bonds is 8. The van der Waals surface area contributed by atoms with E-state index in [4.69, 9.17) is 4.74 Å². The maximum atomic E-state index is 13.0. The summed E-state index contributed by atoms with van der Waals surface area (Å²) in [7, 11) is 1.68. The van der Waals surface area contributed by atoms with E-state index in [1.54, 1.807) is 7.11 Å². The molecule has 1 aliphatic carbocycles. The number of carbonyl (C=O) groups excluding carboxylic acids is 2. The Morgan fingerprint density at radius 2 is 1.89 bits per heavy atom. The molecule has 0 unspecified atom stereocenters. The van der Waals surface area contributed by atoms with Gasteiger partial charge in [-0.15, -0.1) is 0 Å². The van der Waals surface area contributed by atoms with Crippen LogP contribution in [0.4, 0.5) is 0 Å².